The number of benzene rings is 1. The van der Waals surface area contributed by atoms with Crippen LogP contribution in [0.15, 0.2) is 24.3 Å². The van der Waals surface area contributed by atoms with Crippen LogP contribution in [0.3, 0.4) is 0 Å². The Labute approximate surface area is 72.8 Å². The highest BCUT2D eigenvalue weighted by Gasteiger charge is 1.89. The van der Waals surface area contributed by atoms with Gasteiger partial charge in [-0.25, -0.2) is 0 Å². The Morgan fingerprint density at radius 3 is 2.50 bits per heavy atom. The molecule has 0 atom stereocenters. The van der Waals surface area contributed by atoms with Crippen LogP contribution in [-0.2, 0) is 6.54 Å². The fourth-order valence-corrected chi connectivity index (χ4v) is 0.912. The molecule has 0 heterocycles. The maximum atomic E-state index is 5.45. The number of nitrogens with one attached hydrogen (secondary N) is 1. The molecule has 1 rings (SSSR count). The lowest BCUT2D eigenvalue weighted by atomic mass is 10.2. The van der Waals surface area contributed by atoms with E-state index in [9.17, 15) is 0 Å². The predicted octanol–water partition coefficient (Wildman–Crippen LogP) is 1.19. The highest BCUT2D eigenvalue weighted by atomic mass is 14.8. The first-order valence-electron chi connectivity index (χ1n) is 3.83. The van der Waals surface area contributed by atoms with Crippen molar-refractivity contribution in [2.45, 2.75) is 6.54 Å². The second-order valence-corrected chi connectivity index (χ2v) is 2.46. The molecule has 3 N–H and O–H groups in total. The number of rotatable bonds is 3. The fourth-order valence-electron chi connectivity index (χ4n) is 0.912. The molecule has 0 saturated carbocycles. The van der Waals surface area contributed by atoms with Crippen molar-refractivity contribution < 1.29 is 0 Å². The summed E-state index contributed by atoms with van der Waals surface area (Å²) in [6.45, 7) is 1.14. The van der Waals surface area contributed by atoms with Crippen molar-refractivity contribution in [1.82, 2.24) is 0 Å². The lowest BCUT2D eigenvalue weighted by Gasteiger charge is -2.02. The summed E-state index contributed by atoms with van der Waals surface area (Å²) in [5, 5.41) is 3.07. The summed E-state index contributed by atoms with van der Waals surface area (Å²) >= 11 is 0. The summed E-state index contributed by atoms with van der Waals surface area (Å²) in [6, 6.07) is 7.91. The van der Waals surface area contributed by atoms with Gasteiger partial charge in [-0.2, -0.15) is 0 Å². The van der Waals surface area contributed by atoms with Crippen LogP contribution in [0.5, 0.6) is 0 Å². The van der Waals surface area contributed by atoms with E-state index in [1.807, 2.05) is 24.3 Å². The molecule has 0 amide bonds. The Kier molecular flexibility index (Phi) is 3.18. The van der Waals surface area contributed by atoms with Gasteiger partial charge in [-0.1, -0.05) is 18.1 Å². The standard InChI is InChI=1S/C10H12N2/c1-2-7-12-10-5-3-9(8-11)4-6-10/h1,3-6,12H,7-8,11H2. The Morgan fingerprint density at radius 2 is 2.00 bits per heavy atom. The number of anilines is 1. The van der Waals surface area contributed by atoms with Gasteiger partial charge in [0.05, 0.1) is 6.54 Å². The summed E-state index contributed by atoms with van der Waals surface area (Å²) in [6.07, 6.45) is 5.10. The monoisotopic (exact) mass is 160 g/mol. The molecule has 1 aromatic carbocycles. The predicted molar refractivity (Wildman–Crippen MR) is 51.7 cm³/mol. The molecule has 0 radical (unpaired) electrons. The van der Waals surface area contributed by atoms with Crippen molar-refractivity contribution in [3.8, 4) is 12.3 Å². The summed E-state index contributed by atoms with van der Waals surface area (Å²) in [5.41, 5.74) is 7.61. The number of hydrogen-bond acceptors (Lipinski definition) is 2. The van der Waals surface area contributed by atoms with Gasteiger partial charge in [0.1, 0.15) is 0 Å². The molecule has 0 aliphatic heterocycles. The summed E-state index contributed by atoms with van der Waals surface area (Å²) < 4.78 is 0. The van der Waals surface area contributed by atoms with Crippen LogP contribution in [0, 0.1) is 12.3 Å². The molecule has 1 aromatic rings. The molecule has 0 saturated heterocycles. The highest BCUT2D eigenvalue weighted by Crippen LogP contribution is 2.07. The maximum absolute atomic E-state index is 5.45. The van der Waals surface area contributed by atoms with Crippen LogP contribution < -0.4 is 11.1 Å². The van der Waals surface area contributed by atoms with Crippen molar-refractivity contribution >= 4 is 5.69 Å². The molecule has 0 aliphatic carbocycles. The zero-order chi connectivity index (χ0) is 8.81. The third-order valence-electron chi connectivity index (χ3n) is 1.58. The van der Waals surface area contributed by atoms with Crippen LogP contribution in [0.2, 0.25) is 0 Å². The normalized spacial score (nSPS) is 9.00. The molecule has 2 heteroatoms. The van der Waals surface area contributed by atoms with E-state index in [0.717, 1.165) is 11.3 Å². The molecular weight excluding hydrogens is 148 g/mol. The van der Waals surface area contributed by atoms with Crippen LogP contribution in [-0.4, -0.2) is 6.54 Å². The van der Waals surface area contributed by atoms with E-state index in [1.165, 1.54) is 0 Å². The van der Waals surface area contributed by atoms with Crippen LogP contribution >= 0.6 is 0 Å². The van der Waals surface area contributed by atoms with Gasteiger partial charge >= 0.3 is 0 Å². The van der Waals surface area contributed by atoms with Crippen molar-refractivity contribution in [1.29, 1.82) is 0 Å². The van der Waals surface area contributed by atoms with E-state index < -0.39 is 0 Å². The molecule has 0 bridgehead atoms. The van der Waals surface area contributed by atoms with Gasteiger partial charge in [0, 0.05) is 12.2 Å². The van der Waals surface area contributed by atoms with E-state index in [4.69, 9.17) is 12.2 Å². The molecule has 0 aliphatic rings. The van der Waals surface area contributed by atoms with E-state index in [0.29, 0.717) is 13.1 Å². The van der Waals surface area contributed by atoms with E-state index in [-0.39, 0.29) is 0 Å². The molecule has 62 valence electrons. The van der Waals surface area contributed by atoms with Gasteiger partial charge < -0.3 is 11.1 Å². The minimum Gasteiger partial charge on any atom is -0.374 e. The molecule has 0 spiro atoms. The zero-order valence-electron chi connectivity index (χ0n) is 6.88. The molecule has 0 aromatic heterocycles. The number of hydrogen-bond donors (Lipinski definition) is 2. The third kappa shape index (κ3) is 2.30. The second-order valence-electron chi connectivity index (χ2n) is 2.46. The lowest BCUT2D eigenvalue weighted by molar-refractivity contribution is 1.07. The SMILES string of the molecule is C#CCNc1ccc(CN)cc1. The van der Waals surface area contributed by atoms with E-state index in [2.05, 4.69) is 11.2 Å². The second kappa shape index (κ2) is 4.42. The Morgan fingerprint density at radius 1 is 1.33 bits per heavy atom. The van der Waals surface area contributed by atoms with Crippen molar-refractivity contribution in [2.75, 3.05) is 11.9 Å². The van der Waals surface area contributed by atoms with Gasteiger partial charge in [0.2, 0.25) is 0 Å². The van der Waals surface area contributed by atoms with Gasteiger partial charge in [-0.15, -0.1) is 6.42 Å². The van der Waals surface area contributed by atoms with Gasteiger partial charge in [0.25, 0.3) is 0 Å². The lowest BCUT2D eigenvalue weighted by Crippen LogP contribution is -1.99. The van der Waals surface area contributed by atoms with Crippen molar-refractivity contribution in [2.24, 2.45) is 5.73 Å². The largest absolute Gasteiger partial charge is 0.374 e. The smallest absolute Gasteiger partial charge is 0.0763 e. The average molecular weight is 160 g/mol. The van der Waals surface area contributed by atoms with Crippen molar-refractivity contribution in [3.05, 3.63) is 29.8 Å². The first kappa shape index (κ1) is 8.63. The first-order valence-corrected chi connectivity index (χ1v) is 3.83. The summed E-state index contributed by atoms with van der Waals surface area (Å²) in [5.74, 6) is 2.51. The van der Waals surface area contributed by atoms with Gasteiger partial charge in [0.15, 0.2) is 0 Å². The van der Waals surface area contributed by atoms with E-state index >= 15 is 0 Å². The third-order valence-corrected chi connectivity index (χ3v) is 1.58. The summed E-state index contributed by atoms with van der Waals surface area (Å²) in [7, 11) is 0. The zero-order valence-corrected chi connectivity index (χ0v) is 6.88. The average Bonchev–Trinajstić information content (AvgIpc) is 2.15. The first-order chi connectivity index (χ1) is 5.86. The fraction of sp³-hybridized carbons (Fsp3) is 0.200. The molecule has 12 heavy (non-hydrogen) atoms. The maximum Gasteiger partial charge on any atom is 0.0763 e. The van der Waals surface area contributed by atoms with Crippen molar-refractivity contribution in [3.63, 3.8) is 0 Å². The Hall–Kier alpha value is -1.46. The van der Waals surface area contributed by atoms with Gasteiger partial charge in [-0.3, -0.25) is 0 Å². The quantitative estimate of drug-likeness (QED) is 0.652. The van der Waals surface area contributed by atoms with Gasteiger partial charge in [-0.05, 0) is 17.7 Å². The Bertz CT molecular complexity index is 269. The number of terminal acetylenes is 1. The van der Waals surface area contributed by atoms with Crippen LogP contribution in [0.1, 0.15) is 5.56 Å². The minimum atomic E-state index is 0.558. The highest BCUT2D eigenvalue weighted by molar-refractivity contribution is 5.45. The molecular formula is C10H12N2. The molecule has 0 fully saturated rings. The molecule has 2 nitrogen and oxygen atoms in total. The summed E-state index contributed by atoms with van der Waals surface area (Å²) in [4.78, 5) is 0. The number of nitrogens with two attached hydrogens (primary N) is 1. The topological polar surface area (TPSA) is 38.0 Å². The van der Waals surface area contributed by atoms with Crippen LogP contribution in [0.4, 0.5) is 5.69 Å². The molecule has 0 unspecified atom stereocenters. The minimum absolute atomic E-state index is 0.558. The Balaban J connectivity index is 2.60. The van der Waals surface area contributed by atoms with E-state index in [1.54, 1.807) is 0 Å². The van der Waals surface area contributed by atoms with Crippen LogP contribution in [0.25, 0.3) is 0 Å².